The lowest BCUT2D eigenvalue weighted by Gasteiger charge is -2.38. The number of aryl methyl sites for hydroxylation is 1. The summed E-state index contributed by atoms with van der Waals surface area (Å²) in [7, 11) is 0. The van der Waals surface area contributed by atoms with Crippen LogP contribution in [0.15, 0.2) is 83.4 Å². The van der Waals surface area contributed by atoms with Crippen LogP contribution in [0.1, 0.15) is 55.5 Å². The van der Waals surface area contributed by atoms with Crippen LogP contribution in [0.4, 0.5) is 0 Å². The Kier molecular flexibility index (Phi) is 6.96. The molecular weight excluding hydrogens is 444 g/mol. The van der Waals surface area contributed by atoms with E-state index >= 15 is 0 Å². The van der Waals surface area contributed by atoms with Crippen molar-refractivity contribution in [3.63, 3.8) is 0 Å². The lowest BCUT2D eigenvalue weighted by atomic mass is 9.67. The Hall–Kier alpha value is -3.11. The molecule has 0 N–H and O–H groups in total. The molecule has 0 atom stereocenters. The third-order valence-electron chi connectivity index (χ3n) is 6.91. The van der Waals surface area contributed by atoms with Crippen LogP contribution in [0.3, 0.4) is 0 Å². The number of ether oxygens (including phenoxy) is 1. The van der Waals surface area contributed by atoms with Gasteiger partial charge in [0.05, 0.1) is 0 Å². The second-order valence-corrected chi connectivity index (χ2v) is 9.59. The molecule has 1 saturated carbocycles. The minimum Gasteiger partial charge on any atom is -0.489 e. The van der Waals surface area contributed by atoms with Crippen molar-refractivity contribution in [2.75, 3.05) is 0 Å². The third kappa shape index (κ3) is 5.34. The van der Waals surface area contributed by atoms with Gasteiger partial charge in [-0.2, -0.15) is 4.98 Å². The first-order valence-corrected chi connectivity index (χ1v) is 12.4. The zero-order chi connectivity index (χ0) is 23.2. The standard InChI is InChI=1S/C29H29ClN2O2/c30-25-13-9-22(10-14-25)21-33-26-15-11-23(12-16-26)28-31-27(34-32-28)17-20-29(18-5-2-6-19-29)24-7-3-1-4-8-24/h1,3-4,7-16H,2,5-6,17-21H2. The van der Waals surface area contributed by atoms with E-state index in [9.17, 15) is 0 Å². The molecule has 1 aliphatic rings. The van der Waals surface area contributed by atoms with Gasteiger partial charge in [-0.1, -0.05) is 78.5 Å². The van der Waals surface area contributed by atoms with E-state index in [1.165, 1.54) is 37.7 Å². The lowest BCUT2D eigenvalue weighted by Crippen LogP contribution is -2.29. The van der Waals surface area contributed by atoms with Crippen LogP contribution in [-0.4, -0.2) is 10.1 Å². The second kappa shape index (κ2) is 10.4. The molecular formula is C29H29ClN2O2. The summed E-state index contributed by atoms with van der Waals surface area (Å²) in [4.78, 5) is 4.69. The van der Waals surface area contributed by atoms with Crippen molar-refractivity contribution in [3.8, 4) is 17.1 Å². The molecule has 0 bridgehead atoms. The molecule has 1 aliphatic carbocycles. The Morgan fingerprint density at radius 2 is 1.59 bits per heavy atom. The summed E-state index contributed by atoms with van der Waals surface area (Å²) in [5.41, 5.74) is 3.66. The highest BCUT2D eigenvalue weighted by Crippen LogP contribution is 2.42. The summed E-state index contributed by atoms with van der Waals surface area (Å²) in [6.07, 6.45) is 8.21. The number of halogens is 1. The predicted molar refractivity (Wildman–Crippen MR) is 135 cm³/mol. The number of benzene rings is 3. The molecule has 1 fully saturated rings. The summed E-state index contributed by atoms with van der Waals surface area (Å²) < 4.78 is 11.5. The van der Waals surface area contributed by atoms with E-state index in [-0.39, 0.29) is 5.41 Å². The Balaban J connectivity index is 1.21. The zero-order valence-corrected chi connectivity index (χ0v) is 20.0. The second-order valence-electron chi connectivity index (χ2n) is 9.16. The molecule has 5 heteroatoms. The fourth-order valence-corrected chi connectivity index (χ4v) is 5.10. The maximum absolute atomic E-state index is 5.94. The molecule has 0 amide bonds. The highest BCUT2D eigenvalue weighted by atomic mass is 35.5. The number of rotatable bonds is 8. The van der Waals surface area contributed by atoms with Crippen molar-refractivity contribution in [2.45, 2.75) is 57.0 Å². The highest BCUT2D eigenvalue weighted by Gasteiger charge is 2.33. The van der Waals surface area contributed by atoms with Crippen molar-refractivity contribution in [2.24, 2.45) is 0 Å². The van der Waals surface area contributed by atoms with Gasteiger partial charge in [-0.05, 0) is 72.2 Å². The van der Waals surface area contributed by atoms with E-state index in [1.54, 1.807) is 0 Å². The van der Waals surface area contributed by atoms with Gasteiger partial charge < -0.3 is 9.26 Å². The van der Waals surface area contributed by atoms with Crippen LogP contribution < -0.4 is 4.74 Å². The summed E-state index contributed by atoms with van der Waals surface area (Å²) >= 11 is 5.94. The molecule has 0 unspecified atom stereocenters. The number of hydrogen-bond acceptors (Lipinski definition) is 4. The Labute approximate surface area is 205 Å². The first-order valence-electron chi connectivity index (χ1n) is 12.1. The summed E-state index contributed by atoms with van der Waals surface area (Å²) in [5, 5.41) is 4.96. The molecule has 4 aromatic rings. The van der Waals surface area contributed by atoms with Crippen LogP contribution in [0.25, 0.3) is 11.4 Å². The van der Waals surface area contributed by atoms with Crippen molar-refractivity contribution < 1.29 is 9.26 Å². The predicted octanol–water partition coefficient (Wildman–Crippen LogP) is 7.80. The molecule has 0 saturated heterocycles. The van der Waals surface area contributed by atoms with Gasteiger partial charge in [-0.3, -0.25) is 0 Å². The van der Waals surface area contributed by atoms with Crippen LogP contribution in [0, 0.1) is 0 Å². The van der Waals surface area contributed by atoms with Crippen molar-refractivity contribution in [3.05, 3.63) is 101 Å². The topological polar surface area (TPSA) is 48.2 Å². The van der Waals surface area contributed by atoms with Gasteiger partial charge in [0.1, 0.15) is 12.4 Å². The zero-order valence-electron chi connectivity index (χ0n) is 19.3. The number of aromatic nitrogens is 2. The normalized spacial score (nSPS) is 15.2. The minimum atomic E-state index is 0.219. The van der Waals surface area contributed by atoms with Gasteiger partial charge in [0.15, 0.2) is 0 Å². The smallest absolute Gasteiger partial charge is 0.226 e. The molecule has 5 rings (SSSR count). The van der Waals surface area contributed by atoms with Crippen LogP contribution >= 0.6 is 11.6 Å². The number of nitrogens with zero attached hydrogens (tertiary/aromatic N) is 2. The molecule has 174 valence electrons. The Morgan fingerprint density at radius 3 is 2.32 bits per heavy atom. The highest BCUT2D eigenvalue weighted by molar-refractivity contribution is 6.30. The molecule has 0 spiro atoms. The number of hydrogen-bond donors (Lipinski definition) is 0. The molecule has 0 radical (unpaired) electrons. The van der Waals surface area contributed by atoms with E-state index in [0.29, 0.717) is 18.3 Å². The lowest BCUT2D eigenvalue weighted by molar-refractivity contribution is 0.261. The fourth-order valence-electron chi connectivity index (χ4n) is 4.97. The van der Waals surface area contributed by atoms with Gasteiger partial charge in [0.25, 0.3) is 0 Å². The summed E-state index contributed by atoms with van der Waals surface area (Å²) in [6, 6.07) is 26.4. The summed E-state index contributed by atoms with van der Waals surface area (Å²) in [6.45, 7) is 0.492. The molecule has 4 nitrogen and oxygen atoms in total. The van der Waals surface area contributed by atoms with E-state index in [4.69, 9.17) is 25.8 Å². The van der Waals surface area contributed by atoms with E-state index in [2.05, 4.69) is 35.5 Å². The minimum absolute atomic E-state index is 0.219. The van der Waals surface area contributed by atoms with E-state index in [1.807, 2.05) is 48.5 Å². The maximum Gasteiger partial charge on any atom is 0.226 e. The average Bonchev–Trinajstić information content (AvgIpc) is 3.38. The molecule has 1 aromatic heterocycles. The quantitative estimate of drug-likeness (QED) is 0.262. The van der Waals surface area contributed by atoms with Gasteiger partial charge in [-0.15, -0.1) is 0 Å². The van der Waals surface area contributed by atoms with Gasteiger partial charge in [0, 0.05) is 17.0 Å². The van der Waals surface area contributed by atoms with E-state index in [0.717, 1.165) is 34.7 Å². The Morgan fingerprint density at radius 1 is 0.853 bits per heavy atom. The fraction of sp³-hybridized carbons (Fsp3) is 0.310. The maximum atomic E-state index is 5.94. The third-order valence-corrected chi connectivity index (χ3v) is 7.17. The van der Waals surface area contributed by atoms with Gasteiger partial charge >= 0.3 is 0 Å². The first-order chi connectivity index (χ1) is 16.7. The molecule has 1 heterocycles. The molecule has 3 aromatic carbocycles. The van der Waals surface area contributed by atoms with Gasteiger partial charge in [0.2, 0.25) is 11.7 Å². The average molecular weight is 473 g/mol. The molecule has 34 heavy (non-hydrogen) atoms. The monoisotopic (exact) mass is 472 g/mol. The Bertz CT molecular complexity index is 1180. The van der Waals surface area contributed by atoms with Crippen LogP contribution in [0.2, 0.25) is 5.02 Å². The van der Waals surface area contributed by atoms with Crippen LogP contribution in [-0.2, 0) is 18.4 Å². The van der Waals surface area contributed by atoms with Gasteiger partial charge in [-0.25, -0.2) is 0 Å². The molecule has 0 aliphatic heterocycles. The van der Waals surface area contributed by atoms with Crippen molar-refractivity contribution in [1.29, 1.82) is 0 Å². The van der Waals surface area contributed by atoms with E-state index < -0.39 is 0 Å². The van der Waals surface area contributed by atoms with Crippen molar-refractivity contribution >= 4 is 11.6 Å². The largest absolute Gasteiger partial charge is 0.489 e. The first kappa shape index (κ1) is 22.7. The summed E-state index contributed by atoms with van der Waals surface area (Å²) in [5.74, 6) is 2.13. The SMILES string of the molecule is Clc1ccc(COc2ccc(-c3noc(CCC4(c5ccccc5)CCCCC4)n3)cc2)cc1. The van der Waals surface area contributed by atoms with Crippen molar-refractivity contribution in [1.82, 2.24) is 10.1 Å². The van der Waals surface area contributed by atoms with Crippen LogP contribution in [0.5, 0.6) is 5.75 Å².